The van der Waals surface area contributed by atoms with E-state index in [4.69, 9.17) is 0 Å². The van der Waals surface area contributed by atoms with Crippen molar-refractivity contribution in [2.75, 3.05) is 13.2 Å². The van der Waals surface area contributed by atoms with Crippen LogP contribution in [0.4, 0.5) is 0 Å². The molecule has 0 amide bonds. The predicted octanol–water partition coefficient (Wildman–Crippen LogP) is 1.83. The van der Waals surface area contributed by atoms with E-state index in [9.17, 15) is 4.79 Å². The topological polar surface area (TPSA) is 38.7 Å². The Morgan fingerprint density at radius 2 is 2.31 bits per heavy atom. The van der Waals surface area contributed by atoms with Crippen LogP contribution in [0.15, 0.2) is 17.1 Å². The van der Waals surface area contributed by atoms with E-state index in [-0.39, 0.29) is 11.9 Å². The van der Waals surface area contributed by atoms with Crippen molar-refractivity contribution in [1.29, 1.82) is 0 Å². The van der Waals surface area contributed by atoms with Gasteiger partial charge in [-0.25, -0.2) is 0 Å². The van der Waals surface area contributed by atoms with Crippen molar-refractivity contribution in [1.82, 2.24) is 0 Å². The van der Waals surface area contributed by atoms with Gasteiger partial charge in [0.15, 0.2) is 0 Å². The van der Waals surface area contributed by atoms with Gasteiger partial charge in [0.05, 0.1) is 19.1 Å². The van der Waals surface area contributed by atoms with Gasteiger partial charge in [-0.3, -0.25) is 9.79 Å². The lowest BCUT2D eigenvalue weighted by molar-refractivity contribution is -0.146. The molecule has 1 rings (SSSR count). The summed E-state index contributed by atoms with van der Waals surface area (Å²) in [6.45, 7) is 6.81. The zero-order chi connectivity index (χ0) is 10.1. The van der Waals surface area contributed by atoms with Gasteiger partial charge in [0.1, 0.15) is 0 Å². The number of carbonyl (C=O) groups excluding carboxylic acids is 1. The Labute approximate surface area is 79.5 Å². The van der Waals surface area contributed by atoms with E-state index < -0.39 is 0 Å². The average Bonchev–Trinajstić information content (AvgIpc) is 2.61. The summed E-state index contributed by atoms with van der Waals surface area (Å²) < 4.78 is 4.66. The minimum Gasteiger partial charge on any atom is -0.466 e. The molecule has 0 bridgehead atoms. The third-order valence-corrected chi connectivity index (χ3v) is 1.30. The first kappa shape index (κ1) is 11.9. The lowest BCUT2D eigenvalue weighted by Crippen LogP contribution is -2.10. The number of aliphatic imine (C=N–C) groups is 1. The average molecular weight is 183 g/mol. The molecule has 0 saturated carbocycles. The molecule has 1 aliphatic heterocycles. The molecule has 0 spiro atoms. The van der Waals surface area contributed by atoms with Crippen molar-refractivity contribution >= 4 is 12.2 Å². The maximum Gasteiger partial charge on any atom is 0.308 e. The number of rotatable bonds is 2. The largest absolute Gasteiger partial charge is 0.466 e. The van der Waals surface area contributed by atoms with Crippen LogP contribution in [0, 0.1) is 5.92 Å². The van der Waals surface area contributed by atoms with Crippen molar-refractivity contribution in [2.24, 2.45) is 10.9 Å². The molecular formula is C10H17NO2. The molecule has 0 saturated heterocycles. The highest BCUT2D eigenvalue weighted by Crippen LogP contribution is 1.93. The molecule has 0 aliphatic carbocycles. The van der Waals surface area contributed by atoms with E-state index in [1.165, 1.54) is 0 Å². The van der Waals surface area contributed by atoms with Crippen molar-refractivity contribution in [2.45, 2.75) is 20.8 Å². The second-order valence-electron chi connectivity index (χ2n) is 2.85. The van der Waals surface area contributed by atoms with Crippen molar-refractivity contribution in [3.05, 3.63) is 12.2 Å². The van der Waals surface area contributed by atoms with E-state index in [0.717, 1.165) is 6.54 Å². The zero-order valence-corrected chi connectivity index (χ0v) is 8.49. The fourth-order valence-electron chi connectivity index (χ4n) is 0.613. The maximum absolute atomic E-state index is 10.5. The second-order valence-corrected chi connectivity index (χ2v) is 2.85. The summed E-state index contributed by atoms with van der Waals surface area (Å²) in [5.41, 5.74) is 0. The lowest BCUT2D eigenvalue weighted by atomic mass is 10.2. The van der Waals surface area contributed by atoms with Crippen LogP contribution in [0.5, 0.6) is 0 Å². The van der Waals surface area contributed by atoms with Crippen LogP contribution in [-0.2, 0) is 9.53 Å². The van der Waals surface area contributed by atoms with Crippen molar-refractivity contribution in [3.8, 4) is 0 Å². The summed E-state index contributed by atoms with van der Waals surface area (Å²) in [5, 5.41) is 0. The Morgan fingerprint density at radius 1 is 1.62 bits per heavy atom. The minimum absolute atomic E-state index is 0.00921. The van der Waals surface area contributed by atoms with Crippen LogP contribution in [0.25, 0.3) is 0 Å². The van der Waals surface area contributed by atoms with Crippen LogP contribution in [0.2, 0.25) is 0 Å². The van der Waals surface area contributed by atoms with E-state index in [1.54, 1.807) is 13.1 Å². The number of ether oxygens (including phenoxy) is 1. The van der Waals surface area contributed by atoms with Gasteiger partial charge in [0.2, 0.25) is 0 Å². The van der Waals surface area contributed by atoms with Crippen LogP contribution >= 0.6 is 0 Å². The summed E-state index contributed by atoms with van der Waals surface area (Å²) in [4.78, 5) is 14.4. The first-order chi connectivity index (χ1) is 6.18. The Morgan fingerprint density at radius 3 is 2.46 bits per heavy atom. The first-order valence-corrected chi connectivity index (χ1v) is 4.50. The SMILES string of the molecule is C1=CCN=C1.CCOC(=O)C(C)C. The quantitative estimate of drug-likeness (QED) is 0.613. The molecule has 0 unspecified atom stereocenters. The molecule has 0 aromatic carbocycles. The van der Waals surface area contributed by atoms with Gasteiger partial charge in [-0.05, 0) is 13.0 Å². The summed E-state index contributed by atoms with van der Waals surface area (Å²) in [5.74, 6) is -0.109. The number of hydrogen-bond acceptors (Lipinski definition) is 3. The van der Waals surface area contributed by atoms with Gasteiger partial charge in [0, 0.05) is 6.21 Å². The number of allylic oxidation sites excluding steroid dienone is 1. The first-order valence-electron chi connectivity index (χ1n) is 4.50. The number of carbonyl (C=O) groups is 1. The Balaban J connectivity index is 0.000000243. The molecule has 3 heteroatoms. The highest BCUT2D eigenvalue weighted by atomic mass is 16.5. The standard InChI is InChI=1S/C6H12O2.C4H5N/c1-4-8-6(7)5(2)3;1-2-4-5-3-1/h5H,4H2,1-3H3;1-3H,4H2. The van der Waals surface area contributed by atoms with Gasteiger partial charge in [-0.2, -0.15) is 0 Å². The number of esters is 1. The maximum atomic E-state index is 10.5. The highest BCUT2D eigenvalue weighted by molar-refractivity contribution is 5.73. The molecule has 0 atom stereocenters. The summed E-state index contributed by atoms with van der Waals surface area (Å²) in [6.07, 6.45) is 5.76. The molecule has 74 valence electrons. The number of nitrogens with zero attached hydrogens (tertiary/aromatic N) is 1. The monoisotopic (exact) mass is 183 g/mol. The van der Waals surface area contributed by atoms with Crippen LogP contribution < -0.4 is 0 Å². The van der Waals surface area contributed by atoms with E-state index in [0.29, 0.717) is 6.61 Å². The summed E-state index contributed by atoms with van der Waals surface area (Å²) in [6, 6.07) is 0. The summed E-state index contributed by atoms with van der Waals surface area (Å²) >= 11 is 0. The second kappa shape index (κ2) is 7.53. The van der Waals surface area contributed by atoms with Crippen LogP contribution in [0.1, 0.15) is 20.8 Å². The summed E-state index contributed by atoms with van der Waals surface area (Å²) in [7, 11) is 0. The normalized spacial score (nSPS) is 12.6. The fourth-order valence-corrected chi connectivity index (χ4v) is 0.613. The van der Waals surface area contributed by atoms with Gasteiger partial charge in [0.25, 0.3) is 0 Å². The smallest absolute Gasteiger partial charge is 0.308 e. The van der Waals surface area contributed by atoms with Crippen molar-refractivity contribution < 1.29 is 9.53 Å². The van der Waals surface area contributed by atoms with Gasteiger partial charge in [-0.15, -0.1) is 0 Å². The Hall–Kier alpha value is -1.12. The third kappa shape index (κ3) is 7.25. The van der Waals surface area contributed by atoms with E-state index >= 15 is 0 Å². The molecule has 0 fully saturated rings. The third-order valence-electron chi connectivity index (χ3n) is 1.30. The fraction of sp³-hybridized carbons (Fsp3) is 0.600. The lowest BCUT2D eigenvalue weighted by Gasteiger charge is -2.01. The molecule has 13 heavy (non-hydrogen) atoms. The molecule has 3 nitrogen and oxygen atoms in total. The molecule has 0 N–H and O–H groups in total. The molecule has 0 aromatic rings. The van der Waals surface area contributed by atoms with Gasteiger partial charge < -0.3 is 4.74 Å². The molecule has 1 heterocycles. The van der Waals surface area contributed by atoms with E-state index in [1.807, 2.05) is 26.0 Å². The van der Waals surface area contributed by atoms with E-state index in [2.05, 4.69) is 9.73 Å². The van der Waals surface area contributed by atoms with Crippen LogP contribution in [-0.4, -0.2) is 25.3 Å². The van der Waals surface area contributed by atoms with Crippen molar-refractivity contribution in [3.63, 3.8) is 0 Å². The minimum atomic E-state index is -0.118. The molecular weight excluding hydrogens is 166 g/mol. The molecule has 0 radical (unpaired) electrons. The molecule has 0 aromatic heterocycles. The molecule has 1 aliphatic rings. The van der Waals surface area contributed by atoms with Gasteiger partial charge >= 0.3 is 5.97 Å². The number of hydrogen-bond donors (Lipinski definition) is 0. The Bertz CT molecular complexity index is 185. The van der Waals surface area contributed by atoms with Gasteiger partial charge in [-0.1, -0.05) is 19.9 Å². The zero-order valence-electron chi connectivity index (χ0n) is 8.49. The predicted molar refractivity (Wildman–Crippen MR) is 54.0 cm³/mol. The highest BCUT2D eigenvalue weighted by Gasteiger charge is 2.04. The Kier molecular flexibility index (Phi) is 6.88. The van der Waals surface area contributed by atoms with Crippen LogP contribution in [0.3, 0.4) is 0 Å².